The van der Waals surface area contributed by atoms with Crippen LogP contribution in [0.15, 0.2) is 0 Å². The molecule has 0 fully saturated rings. The molecule has 0 aliphatic rings. The molecule has 2 nitrogen and oxygen atoms in total. The summed E-state index contributed by atoms with van der Waals surface area (Å²) in [5.74, 6) is 0. The fourth-order valence-electron chi connectivity index (χ4n) is 1.26. The first kappa shape index (κ1) is 16.6. The molecule has 0 aromatic rings. The molecule has 0 rings (SSSR count). The van der Waals surface area contributed by atoms with Gasteiger partial charge >= 0.3 is 0 Å². The molecular formula is C12H27BrO2Si. The first-order valence-electron chi connectivity index (χ1n) is 6.06. The van der Waals surface area contributed by atoms with Crippen molar-refractivity contribution in [1.29, 1.82) is 0 Å². The van der Waals surface area contributed by atoms with Crippen molar-refractivity contribution in [1.82, 2.24) is 0 Å². The first-order chi connectivity index (χ1) is 7.14. The normalized spacial score (nSPS) is 17.2. The van der Waals surface area contributed by atoms with E-state index in [1.807, 2.05) is 0 Å². The van der Waals surface area contributed by atoms with E-state index in [0.29, 0.717) is 5.33 Å². The van der Waals surface area contributed by atoms with E-state index in [1.165, 1.54) is 0 Å². The Morgan fingerprint density at radius 3 is 2.12 bits per heavy atom. The maximum absolute atomic E-state index is 9.65. The summed E-state index contributed by atoms with van der Waals surface area (Å²) >= 11 is 3.30. The number of halogens is 1. The van der Waals surface area contributed by atoms with Gasteiger partial charge in [0.05, 0.1) is 6.10 Å². The van der Waals surface area contributed by atoms with Crippen LogP contribution in [0.25, 0.3) is 0 Å². The smallest absolute Gasteiger partial charge is 0.192 e. The van der Waals surface area contributed by atoms with Crippen molar-refractivity contribution in [2.45, 2.75) is 70.9 Å². The fraction of sp³-hybridized carbons (Fsp3) is 1.00. The lowest BCUT2D eigenvalue weighted by molar-refractivity contribution is 0.0971. The highest BCUT2D eigenvalue weighted by atomic mass is 79.9. The molecule has 0 aromatic heterocycles. The van der Waals surface area contributed by atoms with Crippen molar-refractivity contribution in [2.75, 3.05) is 5.33 Å². The van der Waals surface area contributed by atoms with Crippen molar-refractivity contribution in [3.63, 3.8) is 0 Å². The van der Waals surface area contributed by atoms with E-state index in [-0.39, 0.29) is 17.2 Å². The van der Waals surface area contributed by atoms with Gasteiger partial charge in [0, 0.05) is 11.4 Å². The Kier molecular flexibility index (Phi) is 6.77. The molecule has 0 amide bonds. The van der Waals surface area contributed by atoms with Crippen molar-refractivity contribution in [3.05, 3.63) is 0 Å². The molecule has 0 aromatic carbocycles. The fourth-order valence-corrected chi connectivity index (χ4v) is 2.97. The second kappa shape index (κ2) is 6.52. The molecule has 0 bridgehead atoms. The van der Waals surface area contributed by atoms with Gasteiger partial charge in [-0.1, -0.05) is 43.6 Å². The van der Waals surface area contributed by atoms with Crippen LogP contribution in [0.2, 0.25) is 18.1 Å². The monoisotopic (exact) mass is 310 g/mol. The zero-order valence-electron chi connectivity index (χ0n) is 11.5. The van der Waals surface area contributed by atoms with Crippen LogP contribution >= 0.6 is 15.9 Å². The summed E-state index contributed by atoms with van der Waals surface area (Å²) in [4.78, 5) is 0. The van der Waals surface area contributed by atoms with E-state index >= 15 is 0 Å². The average molecular weight is 311 g/mol. The van der Waals surface area contributed by atoms with Gasteiger partial charge in [-0.3, -0.25) is 0 Å². The third-order valence-electron chi connectivity index (χ3n) is 3.44. The molecule has 16 heavy (non-hydrogen) atoms. The van der Waals surface area contributed by atoms with Crippen LogP contribution in [0.1, 0.15) is 40.5 Å². The molecule has 0 saturated carbocycles. The van der Waals surface area contributed by atoms with Gasteiger partial charge in [-0.2, -0.15) is 0 Å². The molecular weight excluding hydrogens is 284 g/mol. The molecule has 2 atom stereocenters. The van der Waals surface area contributed by atoms with Crippen molar-refractivity contribution < 1.29 is 9.53 Å². The Labute approximate surface area is 110 Å². The van der Waals surface area contributed by atoms with Crippen molar-refractivity contribution in [2.24, 2.45) is 0 Å². The summed E-state index contributed by atoms with van der Waals surface area (Å²) in [6.07, 6.45) is 1.59. The largest absolute Gasteiger partial charge is 0.414 e. The van der Waals surface area contributed by atoms with Crippen molar-refractivity contribution in [3.8, 4) is 0 Å². The Bertz CT molecular complexity index is 202. The minimum absolute atomic E-state index is 0.188. The van der Waals surface area contributed by atoms with Gasteiger partial charge in [0.15, 0.2) is 8.32 Å². The van der Waals surface area contributed by atoms with E-state index in [4.69, 9.17) is 4.43 Å². The third-order valence-corrected chi connectivity index (χ3v) is 8.72. The Morgan fingerprint density at radius 2 is 1.81 bits per heavy atom. The summed E-state index contributed by atoms with van der Waals surface area (Å²) in [6, 6.07) is 0. The highest BCUT2D eigenvalue weighted by Crippen LogP contribution is 2.38. The maximum Gasteiger partial charge on any atom is 0.192 e. The number of aliphatic hydroxyl groups is 1. The minimum atomic E-state index is -1.69. The van der Waals surface area contributed by atoms with Gasteiger partial charge in [-0.15, -0.1) is 0 Å². The lowest BCUT2D eigenvalue weighted by Gasteiger charge is -2.39. The SMILES string of the molecule is CC[C@@H](CC(O)CBr)O[Si](C)(C)C(C)(C)C. The highest BCUT2D eigenvalue weighted by molar-refractivity contribution is 9.09. The summed E-state index contributed by atoms with van der Waals surface area (Å²) in [6.45, 7) is 13.4. The Hall–Kier alpha value is 0.617. The molecule has 0 aliphatic heterocycles. The van der Waals surface area contributed by atoms with Gasteiger partial charge in [0.2, 0.25) is 0 Å². The standard InChI is InChI=1S/C12H27BrO2Si/c1-7-11(8-10(14)9-13)15-16(5,6)12(2,3)4/h10-11,14H,7-9H2,1-6H3/t10?,11-/m0/s1. The van der Waals surface area contributed by atoms with Gasteiger partial charge in [-0.25, -0.2) is 0 Å². The van der Waals surface area contributed by atoms with Gasteiger partial charge in [0.25, 0.3) is 0 Å². The van der Waals surface area contributed by atoms with E-state index < -0.39 is 8.32 Å². The zero-order valence-corrected chi connectivity index (χ0v) is 14.1. The Morgan fingerprint density at radius 1 is 1.31 bits per heavy atom. The number of alkyl halides is 1. The van der Waals surface area contributed by atoms with Gasteiger partial charge in [-0.05, 0) is 31.0 Å². The van der Waals surface area contributed by atoms with Crippen molar-refractivity contribution >= 4 is 24.2 Å². The van der Waals surface area contributed by atoms with E-state index in [1.54, 1.807) is 0 Å². The lowest BCUT2D eigenvalue weighted by atomic mass is 10.1. The molecule has 1 unspecified atom stereocenters. The molecule has 0 spiro atoms. The lowest BCUT2D eigenvalue weighted by Crippen LogP contribution is -2.44. The van der Waals surface area contributed by atoms with Crippen LogP contribution < -0.4 is 0 Å². The van der Waals surface area contributed by atoms with Crippen LogP contribution in [0.3, 0.4) is 0 Å². The molecule has 4 heteroatoms. The zero-order chi connectivity index (χ0) is 13.0. The molecule has 0 aliphatic carbocycles. The summed E-state index contributed by atoms with van der Waals surface area (Å²) < 4.78 is 6.28. The second-order valence-corrected chi connectivity index (χ2v) is 11.4. The van der Waals surface area contributed by atoms with E-state index in [2.05, 4.69) is 56.7 Å². The summed E-state index contributed by atoms with van der Waals surface area (Å²) in [5.41, 5.74) is 0. The second-order valence-electron chi connectivity index (χ2n) is 5.95. The van der Waals surface area contributed by atoms with Crippen LogP contribution in [0.5, 0.6) is 0 Å². The molecule has 1 N–H and O–H groups in total. The predicted molar refractivity (Wildman–Crippen MR) is 76.8 cm³/mol. The minimum Gasteiger partial charge on any atom is -0.414 e. The van der Waals surface area contributed by atoms with Crippen LogP contribution in [-0.4, -0.2) is 31.0 Å². The molecule has 98 valence electrons. The van der Waals surface area contributed by atoms with E-state index in [9.17, 15) is 5.11 Å². The van der Waals surface area contributed by atoms with Crippen LogP contribution in [0.4, 0.5) is 0 Å². The third kappa shape index (κ3) is 5.30. The summed E-state index contributed by atoms with van der Waals surface area (Å²) in [7, 11) is -1.69. The number of hydrogen-bond acceptors (Lipinski definition) is 2. The highest BCUT2D eigenvalue weighted by Gasteiger charge is 2.39. The van der Waals surface area contributed by atoms with E-state index in [0.717, 1.165) is 12.8 Å². The summed E-state index contributed by atoms with van der Waals surface area (Å²) in [5, 5.41) is 10.5. The van der Waals surface area contributed by atoms with Gasteiger partial charge < -0.3 is 9.53 Å². The van der Waals surface area contributed by atoms with Crippen LogP contribution in [-0.2, 0) is 4.43 Å². The molecule has 0 heterocycles. The van der Waals surface area contributed by atoms with Crippen LogP contribution in [0, 0.1) is 0 Å². The molecule has 0 radical (unpaired) electrons. The quantitative estimate of drug-likeness (QED) is 0.595. The number of rotatable bonds is 6. The Balaban J connectivity index is 4.42. The van der Waals surface area contributed by atoms with Gasteiger partial charge in [0.1, 0.15) is 0 Å². The maximum atomic E-state index is 9.65. The topological polar surface area (TPSA) is 29.5 Å². The average Bonchev–Trinajstić information content (AvgIpc) is 2.14. The number of hydrogen-bond donors (Lipinski definition) is 1. The molecule has 0 saturated heterocycles. The predicted octanol–water partition coefficient (Wildman–Crippen LogP) is 3.93. The first-order valence-corrected chi connectivity index (χ1v) is 10.1. The number of aliphatic hydroxyl groups excluding tert-OH is 1.